The van der Waals surface area contributed by atoms with Gasteiger partial charge in [0.15, 0.2) is 0 Å². The van der Waals surface area contributed by atoms with Crippen LogP contribution in [0.2, 0.25) is 0 Å². The second-order valence-corrected chi connectivity index (χ2v) is 7.23. The number of aromatic nitrogens is 5. The van der Waals surface area contributed by atoms with Crippen molar-refractivity contribution in [3.63, 3.8) is 0 Å². The highest BCUT2D eigenvalue weighted by atomic mass is 19.4. The van der Waals surface area contributed by atoms with E-state index in [-0.39, 0.29) is 29.6 Å². The summed E-state index contributed by atoms with van der Waals surface area (Å²) in [6.07, 6.45) is -4.51. The normalized spacial score (nSPS) is 14.2. The summed E-state index contributed by atoms with van der Waals surface area (Å²) in [5.41, 5.74) is 2.53. The first-order valence-corrected chi connectivity index (χ1v) is 9.63. The summed E-state index contributed by atoms with van der Waals surface area (Å²) in [5, 5.41) is 10.00. The van der Waals surface area contributed by atoms with Crippen LogP contribution < -0.4 is 9.64 Å². The molecule has 0 bridgehead atoms. The lowest BCUT2D eigenvalue weighted by Crippen LogP contribution is -2.33. The molecule has 32 heavy (non-hydrogen) atoms. The van der Waals surface area contributed by atoms with Crippen LogP contribution in [0.5, 0.6) is 5.88 Å². The number of amides is 1. The van der Waals surface area contributed by atoms with Crippen LogP contribution >= 0.6 is 0 Å². The molecule has 1 aromatic carbocycles. The minimum atomic E-state index is -4.51. The van der Waals surface area contributed by atoms with Gasteiger partial charge in [-0.2, -0.15) is 13.2 Å². The van der Waals surface area contributed by atoms with Gasteiger partial charge < -0.3 is 9.64 Å². The molecule has 0 fully saturated rings. The Morgan fingerprint density at radius 2 is 1.84 bits per heavy atom. The average Bonchev–Trinajstić information content (AvgIpc) is 3.18. The molecule has 1 N–H and O–H groups in total. The van der Waals surface area contributed by atoms with Crippen molar-refractivity contribution in [3.8, 4) is 17.1 Å². The van der Waals surface area contributed by atoms with Gasteiger partial charge in [-0.05, 0) is 48.9 Å². The van der Waals surface area contributed by atoms with E-state index in [2.05, 4.69) is 25.4 Å². The molecule has 11 heteroatoms. The fraction of sp³-hybridized carbons (Fsp3) is 0.190. The quantitative estimate of drug-likeness (QED) is 0.510. The van der Waals surface area contributed by atoms with E-state index in [4.69, 9.17) is 4.74 Å². The Bertz CT molecular complexity index is 1350. The molecule has 0 saturated heterocycles. The Morgan fingerprint density at radius 3 is 2.62 bits per heavy atom. The number of nitrogens with one attached hydrogen (secondary N) is 1. The van der Waals surface area contributed by atoms with Gasteiger partial charge in [0, 0.05) is 11.3 Å². The molecule has 162 valence electrons. The van der Waals surface area contributed by atoms with Crippen molar-refractivity contribution >= 4 is 22.6 Å². The van der Waals surface area contributed by atoms with Crippen LogP contribution in [-0.2, 0) is 6.18 Å². The number of alkyl halides is 3. The zero-order chi connectivity index (χ0) is 22.5. The standard InChI is InChI=1S/C21H15F3N6O2/c1-11-10-12(13-3-4-15-14(25-13)5-7-17(26-15)21(22,23)24)2-6-16(11)30-8-9-32-19-18(20(30)31)27-29-28-19/h2-7,10H,8-9H2,1H3,(H,27,28,29). The molecule has 0 radical (unpaired) electrons. The number of ether oxygens (including phenoxy) is 1. The summed E-state index contributed by atoms with van der Waals surface area (Å²) < 4.78 is 44.1. The maximum Gasteiger partial charge on any atom is 0.433 e. The predicted molar refractivity (Wildman–Crippen MR) is 108 cm³/mol. The molecular formula is C21H15F3N6O2. The lowest BCUT2D eigenvalue weighted by Gasteiger charge is -2.22. The van der Waals surface area contributed by atoms with Gasteiger partial charge in [0.25, 0.3) is 5.91 Å². The zero-order valence-corrected chi connectivity index (χ0v) is 16.6. The number of rotatable bonds is 2. The number of pyridine rings is 2. The third-order valence-corrected chi connectivity index (χ3v) is 5.14. The van der Waals surface area contributed by atoms with Gasteiger partial charge >= 0.3 is 6.18 Å². The molecule has 5 rings (SSSR count). The van der Waals surface area contributed by atoms with Crippen LogP contribution in [0.4, 0.5) is 18.9 Å². The summed E-state index contributed by atoms with van der Waals surface area (Å²) in [5.74, 6) is -0.0769. The van der Waals surface area contributed by atoms with E-state index in [1.54, 1.807) is 23.1 Å². The molecule has 0 atom stereocenters. The van der Waals surface area contributed by atoms with Crippen molar-refractivity contribution in [2.24, 2.45) is 0 Å². The number of hydrogen-bond donors (Lipinski definition) is 1. The van der Waals surface area contributed by atoms with Crippen molar-refractivity contribution in [1.29, 1.82) is 0 Å². The van der Waals surface area contributed by atoms with Gasteiger partial charge in [-0.15, -0.1) is 5.10 Å². The maximum atomic E-state index is 12.9. The van der Waals surface area contributed by atoms with Crippen LogP contribution in [0.3, 0.4) is 0 Å². The summed E-state index contributed by atoms with van der Waals surface area (Å²) in [7, 11) is 0. The Morgan fingerprint density at radius 1 is 1.06 bits per heavy atom. The minimum absolute atomic E-state index is 0.118. The highest BCUT2D eigenvalue weighted by Gasteiger charge is 2.32. The number of carbonyl (C=O) groups excluding carboxylic acids is 1. The molecule has 1 aliphatic rings. The van der Waals surface area contributed by atoms with Gasteiger partial charge in [-0.3, -0.25) is 4.79 Å². The molecule has 1 aliphatic heterocycles. The zero-order valence-electron chi connectivity index (χ0n) is 16.6. The number of aryl methyl sites for hydroxylation is 1. The van der Waals surface area contributed by atoms with Crippen molar-refractivity contribution in [2.45, 2.75) is 13.1 Å². The van der Waals surface area contributed by atoms with E-state index in [9.17, 15) is 18.0 Å². The van der Waals surface area contributed by atoms with Gasteiger partial charge in [-0.1, -0.05) is 11.3 Å². The molecule has 8 nitrogen and oxygen atoms in total. The number of aromatic amines is 1. The number of anilines is 1. The number of carbonyl (C=O) groups is 1. The van der Waals surface area contributed by atoms with Crippen molar-refractivity contribution in [2.75, 3.05) is 18.1 Å². The first-order chi connectivity index (χ1) is 15.3. The highest BCUT2D eigenvalue weighted by Crippen LogP contribution is 2.31. The molecular weight excluding hydrogens is 425 g/mol. The fourth-order valence-corrected chi connectivity index (χ4v) is 3.60. The third kappa shape index (κ3) is 3.41. The van der Waals surface area contributed by atoms with Crippen LogP contribution in [-0.4, -0.2) is 44.4 Å². The first kappa shape index (κ1) is 19.9. The van der Waals surface area contributed by atoms with Gasteiger partial charge in [0.1, 0.15) is 12.3 Å². The molecule has 0 aliphatic carbocycles. The van der Waals surface area contributed by atoms with E-state index >= 15 is 0 Å². The summed E-state index contributed by atoms with van der Waals surface area (Å²) in [6.45, 7) is 2.48. The average molecular weight is 440 g/mol. The lowest BCUT2D eigenvalue weighted by atomic mass is 10.0. The predicted octanol–water partition coefficient (Wildman–Crippen LogP) is 3.78. The molecule has 4 heterocycles. The van der Waals surface area contributed by atoms with Gasteiger partial charge in [0.05, 0.1) is 23.3 Å². The fourth-order valence-electron chi connectivity index (χ4n) is 3.60. The smallest absolute Gasteiger partial charge is 0.433 e. The van der Waals surface area contributed by atoms with Crippen LogP contribution in [0, 0.1) is 6.92 Å². The molecule has 3 aromatic heterocycles. The van der Waals surface area contributed by atoms with Crippen molar-refractivity contribution in [1.82, 2.24) is 25.4 Å². The second kappa shape index (κ2) is 7.29. The number of nitrogens with zero attached hydrogens (tertiary/aromatic N) is 5. The Kier molecular flexibility index (Phi) is 4.54. The second-order valence-electron chi connectivity index (χ2n) is 7.23. The van der Waals surface area contributed by atoms with Crippen LogP contribution in [0.15, 0.2) is 42.5 Å². The number of fused-ring (bicyclic) bond motifs is 2. The third-order valence-electron chi connectivity index (χ3n) is 5.14. The summed E-state index contributed by atoms with van der Waals surface area (Å²) in [4.78, 5) is 22.5. The van der Waals surface area contributed by atoms with E-state index in [0.717, 1.165) is 17.2 Å². The summed E-state index contributed by atoms with van der Waals surface area (Å²) in [6, 6.07) is 10.8. The van der Waals surface area contributed by atoms with Crippen LogP contribution in [0.25, 0.3) is 22.3 Å². The molecule has 0 spiro atoms. The SMILES string of the molecule is Cc1cc(-c2ccc3nc(C(F)(F)F)ccc3n2)ccc1N1CCOc2[nH]nnc2C1=O. The molecule has 1 amide bonds. The van der Waals surface area contributed by atoms with E-state index in [1.165, 1.54) is 12.1 Å². The van der Waals surface area contributed by atoms with Crippen LogP contribution in [0.1, 0.15) is 21.7 Å². The monoisotopic (exact) mass is 440 g/mol. The van der Waals surface area contributed by atoms with E-state index < -0.39 is 11.9 Å². The summed E-state index contributed by atoms with van der Waals surface area (Å²) >= 11 is 0. The maximum absolute atomic E-state index is 12.9. The van der Waals surface area contributed by atoms with Gasteiger partial charge in [-0.25, -0.2) is 15.1 Å². The molecule has 0 saturated carbocycles. The number of benzene rings is 1. The lowest BCUT2D eigenvalue weighted by molar-refractivity contribution is -0.140. The Labute approximate surface area is 179 Å². The number of hydrogen-bond acceptors (Lipinski definition) is 6. The van der Waals surface area contributed by atoms with Crippen molar-refractivity contribution in [3.05, 3.63) is 59.4 Å². The Balaban J connectivity index is 1.48. The van der Waals surface area contributed by atoms with Gasteiger partial charge in [0.2, 0.25) is 11.6 Å². The number of H-pyrrole nitrogens is 1. The van der Waals surface area contributed by atoms with E-state index in [1.807, 2.05) is 13.0 Å². The Hall–Kier alpha value is -4.02. The largest absolute Gasteiger partial charge is 0.474 e. The molecule has 0 unspecified atom stereocenters. The first-order valence-electron chi connectivity index (χ1n) is 9.63. The van der Waals surface area contributed by atoms with E-state index in [0.29, 0.717) is 23.4 Å². The highest BCUT2D eigenvalue weighted by molar-refractivity contribution is 6.07. The molecule has 4 aromatic rings. The number of halogens is 3. The minimum Gasteiger partial charge on any atom is -0.474 e. The topological polar surface area (TPSA) is 96.9 Å². The van der Waals surface area contributed by atoms with Crippen molar-refractivity contribution < 1.29 is 22.7 Å².